The molecule has 126 valence electrons. The summed E-state index contributed by atoms with van der Waals surface area (Å²) in [7, 11) is -3.35. The van der Waals surface area contributed by atoms with E-state index < -0.39 is 9.84 Å². The summed E-state index contributed by atoms with van der Waals surface area (Å²) < 4.78 is 23.2. The molecule has 0 fully saturated rings. The molecular weight excluding hydrogens is 334 g/mol. The predicted molar refractivity (Wildman–Crippen MR) is 99.4 cm³/mol. The molecule has 25 heavy (non-hydrogen) atoms. The first-order valence-electron chi connectivity index (χ1n) is 7.70. The van der Waals surface area contributed by atoms with Crippen LogP contribution in [0, 0.1) is 0 Å². The summed E-state index contributed by atoms with van der Waals surface area (Å²) in [6, 6.07) is 23.4. The van der Waals surface area contributed by atoms with Crippen molar-refractivity contribution in [2.45, 2.75) is 4.90 Å². The zero-order valence-electron chi connectivity index (χ0n) is 13.6. The Kier molecular flexibility index (Phi) is 4.67. The second-order valence-electron chi connectivity index (χ2n) is 5.70. The fraction of sp³-hybridized carbons (Fsp3) is 0.0500. The molecule has 0 aromatic heterocycles. The number of hydrogen-bond donors (Lipinski definition) is 1. The molecule has 0 heterocycles. The Balaban J connectivity index is 1.78. The van der Waals surface area contributed by atoms with Crippen LogP contribution >= 0.6 is 0 Å². The van der Waals surface area contributed by atoms with E-state index in [-0.39, 0.29) is 10.8 Å². The minimum Gasteiger partial charge on any atom is -0.322 e. The van der Waals surface area contributed by atoms with Crippen molar-refractivity contribution in [3.8, 4) is 11.1 Å². The molecule has 0 atom stereocenters. The van der Waals surface area contributed by atoms with E-state index in [2.05, 4.69) is 5.32 Å². The summed E-state index contributed by atoms with van der Waals surface area (Å²) in [5.74, 6) is -0.349. The van der Waals surface area contributed by atoms with Gasteiger partial charge in [0.15, 0.2) is 9.84 Å². The maximum absolute atomic E-state index is 12.3. The molecule has 0 bridgehead atoms. The van der Waals surface area contributed by atoms with Crippen LogP contribution in [-0.2, 0) is 9.84 Å². The number of nitrogens with one attached hydrogen (secondary N) is 1. The highest BCUT2D eigenvalue weighted by molar-refractivity contribution is 7.90. The minimum absolute atomic E-state index is 0.125. The molecule has 1 N–H and O–H groups in total. The number of hydrogen-bond acceptors (Lipinski definition) is 3. The minimum atomic E-state index is -3.35. The number of amides is 1. The van der Waals surface area contributed by atoms with Crippen LogP contribution in [0.3, 0.4) is 0 Å². The fourth-order valence-electron chi connectivity index (χ4n) is 2.45. The lowest BCUT2D eigenvalue weighted by molar-refractivity contribution is 0.102. The second-order valence-corrected chi connectivity index (χ2v) is 7.71. The highest BCUT2D eigenvalue weighted by atomic mass is 32.2. The van der Waals surface area contributed by atoms with Crippen molar-refractivity contribution in [3.05, 3.63) is 84.4 Å². The molecule has 0 saturated heterocycles. The first kappa shape index (κ1) is 16.9. The van der Waals surface area contributed by atoms with Crippen molar-refractivity contribution in [1.82, 2.24) is 0 Å². The van der Waals surface area contributed by atoms with Gasteiger partial charge in [-0.05, 0) is 41.5 Å². The van der Waals surface area contributed by atoms with Gasteiger partial charge in [-0.25, -0.2) is 8.42 Å². The van der Waals surface area contributed by atoms with Gasteiger partial charge in [-0.15, -0.1) is 0 Å². The van der Waals surface area contributed by atoms with E-state index in [9.17, 15) is 13.2 Å². The molecule has 0 saturated carbocycles. The smallest absolute Gasteiger partial charge is 0.255 e. The van der Waals surface area contributed by atoms with Crippen molar-refractivity contribution in [3.63, 3.8) is 0 Å². The summed E-state index contributed by atoms with van der Waals surface area (Å²) in [6.45, 7) is 0. The molecule has 3 aromatic carbocycles. The number of rotatable bonds is 4. The molecule has 3 aromatic rings. The Morgan fingerprint density at radius 3 is 2.08 bits per heavy atom. The SMILES string of the molecule is CS(=O)(=O)c1cccc(C(=O)Nc2ccc(-c3ccccc3)cc2)c1. The van der Waals surface area contributed by atoms with E-state index >= 15 is 0 Å². The van der Waals surface area contributed by atoms with E-state index in [1.807, 2.05) is 54.6 Å². The van der Waals surface area contributed by atoms with Gasteiger partial charge in [-0.2, -0.15) is 0 Å². The fourth-order valence-corrected chi connectivity index (χ4v) is 3.11. The normalized spacial score (nSPS) is 11.1. The summed E-state index contributed by atoms with van der Waals surface area (Å²) in [5, 5.41) is 2.78. The van der Waals surface area contributed by atoms with Gasteiger partial charge in [0.25, 0.3) is 5.91 Å². The number of carbonyl (C=O) groups is 1. The van der Waals surface area contributed by atoms with Crippen LogP contribution in [-0.4, -0.2) is 20.6 Å². The van der Waals surface area contributed by atoms with Crippen molar-refractivity contribution in [2.24, 2.45) is 0 Å². The Morgan fingerprint density at radius 2 is 1.44 bits per heavy atom. The molecule has 4 nitrogen and oxygen atoms in total. The van der Waals surface area contributed by atoms with E-state index in [1.165, 1.54) is 12.1 Å². The van der Waals surface area contributed by atoms with Crippen LogP contribution < -0.4 is 5.32 Å². The summed E-state index contributed by atoms with van der Waals surface area (Å²) in [4.78, 5) is 12.5. The van der Waals surface area contributed by atoms with Crippen LogP contribution in [0.15, 0.2) is 83.8 Å². The average molecular weight is 351 g/mol. The zero-order valence-corrected chi connectivity index (χ0v) is 14.5. The van der Waals surface area contributed by atoms with E-state index in [4.69, 9.17) is 0 Å². The lowest BCUT2D eigenvalue weighted by Gasteiger charge is -2.08. The monoisotopic (exact) mass is 351 g/mol. The number of benzene rings is 3. The van der Waals surface area contributed by atoms with Gasteiger partial charge >= 0.3 is 0 Å². The van der Waals surface area contributed by atoms with Crippen molar-refractivity contribution >= 4 is 21.4 Å². The van der Waals surface area contributed by atoms with Gasteiger partial charge in [0.2, 0.25) is 0 Å². The predicted octanol–water partition coefficient (Wildman–Crippen LogP) is 4.01. The Labute approximate surface area is 147 Å². The van der Waals surface area contributed by atoms with Crippen molar-refractivity contribution in [1.29, 1.82) is 0 Å². The number of anilines is 1. The quantitative estimate of drug-likeness (QED) is 0.772. The lowest BCUT2D eigenvalue weighted by Crippen LogP contribution is -2.12. The van der Waals surface area contributed by atoms with E-state index in [0.29, 0.717) is 11.3 Å². The zero-order chi connectivity index (χ0) is 17.9. The summed E-state index contributed by atoms with van der Waals surface area (Å²) in [6.07, 6.45) is 1.12. The van der Waals surface area contributed by atoms with Crippen LogP contribution in [0.1, 0.15) is 10.4 Å². The summed E-state index contributed by atoms with van der Waals surface area (Å²) in [5.41, 5.74) is 3.10. The van der Waals surface area contributed by atoms with Crippen LogP contribution in [0.25, 0.3) is 11.1 Å². The molecule has 0 aliphatic carbocycles. The second kappa shape index (κ2) is 6.91. The van der Waals surface area contributed by atoms with Crippen molar-refractivity contribution < 1.29 is 13.2 Å². The number of carbonyl (C=O) groups excluding carboxylic acids is 1. The average Bonchev–Trinajstić information content (AvgIpc) is 2.62. The van der Waals surface area contributed by atoms with Gasteiger partial charge in [-0.1, -0.05) is 48.5 Å². The molecular formula is C20H17NO3S. The summed E-state index contributed by atoms with van der Waals surface area (Å²) >= 11 is 0. The standard InChI is InChI=1S/C20H17NO3S/c1-25(23,24)19-9-5-8-17(14-19)20(22)21-18-12-10-16(11-13-18)15-6-3-2-4-7-15/h2-14H,1H3,(H,21,22). The van der Waals surface area contributed by atoms with Gasteiger partial charge in [0, 0.05) is 17.5 Å². The Morgan fingerprint density at radius 1 is 0.800 bits per heavy atom. The third-order valence-corrected chi connectivity index (χ3v) is 4.88. The third-order valence-electron chi connectivity index (χ3n) is 3.77. The maximum Gasteiger partial charge on any atom is 0.255 e. The van der Waals surface area contributed by atoms with Gasteiger partial charge < -0.3 is 5.32 Å². The highest BCUT2D eigenvalue weighted by Crippen LogP contribution is 2.21. The molecule has 0 aliphatic rings. The molecule has 5 heteroatoms. The van der Waals surface area contributed by atoms with E-state index in [1.54, 1.807) is 12.1 Å². The molecule has 1 amide bonds. The Bertz CT molecular complexity index is 995. The first-order chi connectivity index (χ1) is 11.9. The molecule has 0 radical (unpaired) electrons. The van der Waals surface area contributed by atoms with Crippen LogP contribution in [0.2, 0.25) is 0 Å². The topological polar surface area (TPSA) is 63.2 Å². The molecule has 0 aliphatic heterocycles. The highest BCUT2D eigenvalue weighted by Gasteiger charge is 2.12. The van der Waals surface area contributed by atoms with Gasteiger partial charge in [0.1, 0.15) is 0 Å². The molecule has 0 spiro atoms. The molecule has 3 rings (SSSR count). The largest absolute Gasteiger partial charge is 0.322 e. The first-order valence-corrected chi connectivity index (χ1v) is 9.59. The van der Waals surface area contributed by atoms with E-state index in [0.717, 1.165) is 17.4 Å². The number of sulfone groups is 1. The Hall–Kier alpha value is -2.92. The lowest BCUT2D eigenvalue weighted by atomic mass is 10.1. The maximum atomic E-state index is 12.3. The third kappa shape index (κ3) is 4.14. The van der Waals surface area contributed by atoms with Crippen LogP contribution in [0.4, 0.5) is 5.69 Å². The van der Waals surface area contributed by atoms with Crippen LogP contribution in [0.5, 0.6) is 0 Å². The van der Waals surface area contributed by atoms with Crippen molar-refractivity contribution in [2.75, 3.05) is 11.6 Å². The van der Waals surface area contributed by atoms with Gasteiger partial charge in [0.05, 0.1) is 4.90 Å². The van der Waals surface area contributed by atoms with Gasteiger partial charge in [-0.3, -0.25) is 4.79 Å². The molecule has 0 unspecified atom stereocenters.